The van der Waals surface area contributed by atoms with Crippen molar-refractivity contribution in [1.82, 2.24) is 14.5 Å². The Hall–Kier alpha value is -1.21. The number of nitrogens with zero attached hydrogens (tertiary/aromatic N) is 4. The summed E-state index contributed by atoms with van der Waals surface area (Å²) in [5, 5.41) is 8.58. The topological polar surface area (TPSA) is 66.4 Å². The smallest absolute Gasteiger partial charge is 0.214 e. The van der Waals surface area contributed by atoms with Gasteiger partial charge in [-0.05, 0) is 31.4 Å². The van der Waals surface area contributed by atoms with Crippen LogP contribution in [0, 0.1) is 0 Å². The van der Waals surface area contributed by atoms with E-state index >= 15 is 0 Å². The van der Waals surface area contributed by atoms with Gasteiger partial charge < -0.3 is 4.90 Å². The third-order valence-electron chi connectivity index (χ3n) is 4.08. The van der Waals surface area contributed by atoms with Crippen LogP contribution in [0.2, 0.25) is 0 Å². The normalized spacial score (nSPS) is 20.7. The van der Waals surface area contributed by atoms with E-state index in [0.717, 1.165) is 11.5 Å². The summed E-state index contributed by atoms with van der Waals surface area (Å²) in [6.07, 6.45) is 3.11. The van der Waals surface area contributed by atoms with Gasteiger partial charge in [0.05, 0.1) is 11.4 Å². The van der Waals surface area contributed by atoms with Crippen LogP contribution in [0.15, 0.2) is 12.1 Å². The Morgan fingerprint density at radius 3 is 2.38 bits per heavy atom. The molecular formula is C14H22N4O2S. The van der Waals surface area contributed by atoms with Crippen LogP contribution >= 0.6 is 0 Å². The van der Waals surface area contributed by atoms with Gasteiger partial charge in [-0.1, -0.05) is 6.92 Å². The Labute approximate surface area is 126 Å². The van der Waals surface area contributed by atoms with Gasteiger partial charge in [0.2, 0.25) is 10.0 Å². The van der Waals surface area contributed by atoms with Gasteiger partial charge in [-0.3, -0.25) is 0 Å². The molecule has 21 heavy (non-hydrogen) atoms. The van der Waals surface area contributed by atoms with Gasteiger partial charge in [0.1, 0.15) is 0 Å². The molecule has 0 atom stereocenters. The summed E-state index contributed by atoms with van der Waals surface area (Å²) in [6, 6.07) is 4.07. The molecule has 1 aromatic heterocycles. The summed E-state index contributed by atoms with van der Waals surface area (Å²) in [7, 11) is -3.08. The summed E-state index contributed by atoms with van der Waals surface area (Å²) in [5.41, 5.74) is 1.09. The van der Waals surface area contributed by atoms with E-state index in [0.29, 0.717) is 38.5 Å². The highest BCUT2D eigenvalue weighted by molar-refractivity contribution is 7.89. The molecule has 2 fully saturated rings. The lowest BCUT2D eigenvalue weighted by Gasteiger charge is -2.34. The zero-order valence-electron chi connectivity index (χ0n) is 12.4. The van der Waals surface area contributed by atoms with E-state index in [4.69, 9.17) is 0 Å². The maximum atomic E-state index is 12.0. The number of piperazine rings is 1. The maximum Gasteiger partial charge on any atom is 0.214 e. The zero-order chi connectivity index (χ0) is 14.9. The van der Waals surface area contributed by atoms with E-state index in [9.17, 15) is 8.42 Å². The van der Waals surface area contributed by atoms with Crippen LogP contribution in [0.25, 0.3) is 0 Å². The molecule has 0 unspecified atom stereocenters. The summed E-state index contributed by atoms with van der Waals surface area (Å²) in [4.78, 5) is 2.11. The van der Waals surface area contributed by atoms with Gasteiger partial charge in [0.25, 0.3) is 0 Å². The van der Waals surface area contributed by atoms with Crippen LogP contribution in [0.3, 0.4) is 0 Å². The Kier molecular flexibility index (Phi) is 4.12. The second-order valence-electron chi connectivity index (χ2n) is 5.79. The molecular weight excluding hydrogens is 288 g/mol. The van der Waals surface area contributed by atoms with Crippen molar-refractivity contribution in [2.24, 2.45) is 0 Å². The van der Waals surface area contributed by atoms with Crippen molar-refractivity contribution in [3.05, 3.63) is 17.8 Å². The Morgan fingerprint density at radius 2 is 1.86 bits per heavy atom. The predicted octanol–water partition coefficient (Wildman–Crippen LogP) is 1.22. The maximum absolute atomic E-state index is 12.0. The average Bonchev–Trinajstić information content (AvgIpc) is 3.32. The molecule has 0 amide bonds. The molecule has 6 nitrogen and oxygen atoms in total. The molecule has 1 aliphatic carbocycles. The van der Waals surface area contributed by atoms with E-state index in [1.165, 1.54) is 12.8 Å². The van der Waals surface area contributed by atoms with E-state index in [-0.39, 0.29) is 5.75 Å². The first-order valence-electron chi connectivity index (χ1n) is 7.66. The SMILES string of the molecule is CCCS(=O)(=O)N1CCN(c2ccc(C3CC3)nn2)CC1. The lowest BCUT2D eigenvalue weighted by molar-refractivity contribution is 0.383. The highest BCUT2D eigenvalue weighted by Gasteiger charge is 2.28. The zero-order valence-corrected chi connectivity index (χ0v) is 13.2. The van der Waals surface area contributed by atoms with E-state index < -0.39 is 10.0 Å². The minimum absolute atomic E-state index is 0.239. The molecule has 2 aliphatic rings. The van der Waals surface area contributed by atoms with Gasteiger partial charge in [0, 0.05) is 32.1 Å². The third-order valence-corrected chi connectivity index (χ3v) is 6.16. The van der Waals surface area contributed by atoms with Crippen molar-refractivity contribution in [3.8, 4) is 0 Å². The molecule has 0 radical (unpaired) electrons. The highest BCUT2D eigenvalue weighted by Crippen LogP contribution is 2.38. The van der Waals surface area contributed by atoms with Crippen LogP contribution in [0.1, 0.15) is 37.8 Å². The molecule has 116 valence electrons. The number of sulfonamides is 1. The number of hydrogen-bond acceptors (Lipinski definition) is 5. The molecule has 1 aliphatic heterocycles. The van der Waals surface area contributed by atoms with Crippen LogP contribution in [0.5, 0.6) is 0 Å². The fraction of sp³-hybridized carbons (Fsp3) is 0.714. The van der Waals surface area contributed by atoms with Gasteiger partial charge in [-0.15, -0.1) is 5.10 Å². The average molecular weight is 310 g/mol. The van der Waals surface area contributed by atoms with Crippen molar-refractivity contribution in [2.45, 2.75) is 32.1 Å². The summed E-state index contributed by atoms with van der Waals surface area (Å²) in [6.45, 7) is 4.33. The summed E-state index contributed by atoms with van der Waals surface area (Å²) in [5.74, 6) is 1.71. The first-order chi connectivity index (χ1) is 10.1. The quantitative estimate of drug-likeness (QED) is 0.818. The number of anilines is 1. The molecule has 1 aromatic rings. The summed E-state index contributed by atoms with van der Waals surface area (Å²) >= 11 is 0. The fourth-order valence-corrected chi connectivity index (χ4v) is 4.18. The lowest BCUT2D eigenvalue weighted by atomic mass is 10.2. The Morgan fingerprint density at radius 1 is 1.14 bits per heavy atom. The minimum Gasteiger partial charge on any atom is -0.352 e. The number of aromatic nitrogens is 2. The van der Waals surface area contributed by atoms with Crippen LogP contribution < -0.4 is 4.90 Å². The van der Waals surface area contributed by atoms with Crippen LogP contribution in [-0.4, -0.2) is 54.9 Å². The van der Waals surface area contributed by atoms with Gasteiger partial charge in [0.15, 0.2) is 5.82 Å². The monoisotopic (exact) mass is 310 g/mol. The standard InChI is InChI=1S/C14H22N4O2S/c1-2-11-21(19,20)18-9-7-17(8-10-18)14-6-5-13(15-16-14)12-3-4-12/h5-6,12H,2-4,7-11H2,1H3. The van der Waals surface area contributed by atoms with E-state index in [2.05, 4.69) is 21.2 Å². The van der Waals surface area contributed by atoms with Crippen molar-refractivity contribution >= 4 is 15.8 Å². The van der Waals surface area contributed by atoms with Crippen molar-refractivity contribution < 1.29 is 8.42 Å². The van der Waals surface area contributed by atoms with Crippen molar-refractivity contribution in [3.63, 3.8) is 0 Å². The molecule has 0 bridgehead atoms. The first-order valence-corrected chi connectivity index (χ1v) is 9.27. The third kappa shape index (κ3) is 3.35. The molecule has 3 rings (SSSR count). The van der Waals surface area contributed by atoms with Gasteiger partial charge in [-0.25, -0.2) is 8.42 Å². The molecule has 1 saturated carbocycles. The predicted molar refractivity (Wildman–Crippen MR) is 81.9 cm³/mol. The Bertz CT molecular complexity index is 575. The molecule has 0 N–H and O–H groups in total. The number of rotatable bonds is 5. The molecule has 7 heteroatoms. The molecule has 0 aromatic carbocycles. The highest BCUT2D eigenvalue weighted by atomic mass is 32.2. The summed E-state index contributed by atoms with van der Waals surface area (Å²) < 4.78 is 25.7. The second kappa shape index (κ2) is 5.88. The first kappa shape index (κ1) is 14.7. The van der Waals surface area contributed by atoms with Crippen molar-refractivity contribution in [1.29, 1.82) is 0 Å². The van der Waals surface area contributed by atoms with Crippen LogP contribution in [0.4, 0.5) is 5.82 Å². The molecule has 0 spiro atoms. The lowest BCUT2D eigenvalue weighted by Crippen LogP contribution is -2.49. The molecule has 1 saturated heterocycles. The van der Waals surface area contributed by atoms with E-state index in [1.54, 1.807) is 4.31 Å². The second-order valence-corrected chi connectivity index (χ2v) is 7.88. The van der Waals surface area contributed by atoms with Crippen molar-refractivity contribution in [2.75, 3.05) is 36.8 Å². The van der Waals surface area contributed by atoms with Crippen LogP contribution in [-0.2, 0) is 10.0 Å². The van der Waals surface area contributed by atoms with Gasteiger partial charge >= 0.3 is 0 Å². The fourth-order valence-electron chi connectivity index (χ4n) is 2.68. The Balaban J connectivity index is 1.60. The number of hydrogen-bond donors (Lipinski definition) is 0. The van der Waals surface area contributed by atoms with E-state index in [1.807, 2.05) is 13.0 Å². The van der Waals surface area contributed by atoms with Gasteiger partial charge in [-0.2, -0.15) is 9.40 Å². The minimum atomic E-state index is -3.08. The molecule has 2 heterocycles. The largest absolute Gasteiger partial charge is 0.352 e.